The molecule has 3 nitrogen and oxygen atoms in total. The van der Waals surface area contributed by atoms with Gasteiger partial charge in [-0.25, -0.2) is 4.98 Å². The highest BCUT2D eigenvalue weighted by Crippen LogP contribution is 2.26. The number of rotatable bonds is 5. The van der Waals surface area contributed by atoms with Crippen molar-refractivity contribution in [2.75, 3.05) is 6.54 Å². The third-order valence-corrected chi connectivity index (χ3v) is 5.11. The van der Waals surface area contributed by atoms with Crippen LogP contribution in [0, 0.1) is 13.8 Å². The molecule has 0 aliphatic heterocycles. The lowest BCUT2D eigenvalue weighted by Crippen LogP contribution is -2.08. The molecule has 0 fully saturated rings. The molecule has 0 saturated carbocycles. The smallest absolute Gasteiger partial charge is 0.110 e. The van der Waals surface area contributed by atoms with Gasteiger partial charge in [-0.05, 0) is 67.8 Å². The second kappa shape index (κ2) is 7.14. The maximum Gasteiger partial charge on any atom is 0.110 e. The zero-order chi connectivity index (χ0) is 17.3. The SMILES string of the molecule is Cc1cc2nc(CCCN)n(Cc3ccc(Cl)c(Cl)c3)c2cc1C. The molecule has 2 N–H and O–H groups in total. The Bertz CT molecular complexity index is 884. The molecule has 0 saturated heterocycles. The highest BCUT2D eigenvalue weighted by atomic mass is 35.5. The molecular formula is C19H21Cl2N3. The molecule has 0 unspecified atom stereocenters. The summed E-state index contributed by atoms with van der Waals surface area (Å²) in [4.78, 5) is 4.84. The van der Waals surface area contributed by atoms with Gasteiger partial charge < -0.3 is 10.3 Å². The number of hydrogen-bond acceptors (Lipinski definition) is 2. The molecule has 3 rings (SSSR count). The van der Waals surface area contributed by atoms with Crippen molar-refractivity contribution in [2.45, 2.75) is 33.2 Å². The molecule has 0 aliphatic carbocycles. The quantitative estimate of drug-likeness (QED) is 0.702. The topological polar surface area (TPSA) is 43.8 Å². The van der Waals surface area contributed by atoms with Gasteiger partial charge in [0.1, 0.15) is 5.82 Å². The Kier molecular flexibility index (Phi) is 5.14. The maximum atomic E-state index is 6.17. The Balaban J connectivity index is 2.08. The number of aryl methyl sites for hydroxylation is 3. The number of fused-ring (bicyclic) bond motifs is 1. The van der Waals surface area contributed by atoms with Crippen molar-refractivity contribution >= 4 is 34.2 Å². The standard InChI is InChI=1S/C19H21Cl2N3/c1-12-8-17-18(9-13(12)2)24(19(23-17)4-3-7-22)11-14-5-6-15(20)16(21)10-14/h5-6,8-10H,3-4,7,11,22H2,1-2H3. The van der Waals surface area contributed by atoms with Gasteiger partial charge in [0.15, 0.2) is 0 Å². The Hall–Kier alpha value is -1.55. The van der Waals surface area contributed by atoms with Gasteiger partial charge in [0.05, 0.1) is 21.1 Å². The fourth-order valence-corrected chi connectivity index (χ4v) is 3.20. The molecule has 24 heavy (non-hydrogen) atoms. The van der Waals surface area contributed by atoms with Gasteiger partial charge in [0.2, 0.25) is 0 Å². The first-order valence-electron chi connectivity index (χ1n) is 8.10. The largest absolute Gasteiger partial charge is 0.330 e. The van der Waals surface area contributed by atoms with Gasteiger partial charge in [-0.1, -0.05) is 29.3 Å². The van der Waals surface area contributed by atoms with Crippen LogP contribution in [-0.4, -0.2) is 16.1 Å². The summed E-state index contributed by atoms with van der Waals surface area (Å²) in [7, 11) is 0. The van der Waals surface area contributed by atoms with Crippen LogP contribution >= 0.6 is 23.2 Å². The predicted octanol–water partition coefficient (Wildman–Crippen LogP) is 4.90. The second-order valence-corrected chi connectivity index (χ2v) is 6.99. The first-order chi connectivity index (χ1) is 11.5. The Morgan fingerprint density at radius 3 is 2.50 bits per heavy atom. The Morgan fingerprint density at radius 2 is 1.79 bits per heavy atom. The van der Waals surface area contributed by atoms with E-state index in [-0.39, 0.29) is 0 Å². The third kappa shape index (κ3) is 3.44. The van der Waals surface area contributed by atoms with Gasteiger partial charge >= 0.3 is 0 Å². The summed E-state index contributed by atoms with van der Waals surface area (Å²) < 4.78 is 2.26. The molecule has 0 aliphatic rings. The van der Waals surface area contributed by atoms with E-state index < -0.39 is 0 Å². The summed E-state index contributed by atoms with van der Waals surface area (Å²) in [5.41, 5.74) is 11.5. The van der Waals surface area contributed by atoms with Gasteiger partial charge in [0, 0.05) is 13.0 Å². The number of imidazole rings is 1. The zero-order valence-electron chi connectivity index (χ0n) is 13.9. The van der Waals surface area contributed by atoms with Crippen molar-refractivity contribution < 1.29 is 0 Å². The minimum absolute atomic E-state index is 0.575. The van der Waals surface area contributed by atoms with Crippen LogP contribution in [0.3, 0.4) is 0 Å². The fourth-order valence-electron chi connectivity index (χ4n) is 2.88. The number of nitrogens with zero attached hydrogens (tertiary/aromatic N) is 2. The van der Waals surface area contributed by atoms with Crippen LogP contribution in [0.4, 0.5) is 0 Å². The Labute approximate surface area is 152 Å². The number of halogens is 2. The molecule has 0 bridgehead atoms. The summed E-state index contributed by atoms with van der Waals surface area (Å²) >= 11 is 12.2. The van der Waals surface area contributed by atoms with E-state index in [1.165, 1.54) is 11.1 Å². The summed E-state index contributed by atoms with van der Waals surface area (Å²) in [5.74, 6) is 1.06. The molecule has 0 atom stereocenters. The lowest BCUT2D eigenvalue weighted by Gasteiger charge is -2.11. The van der Waals surface area contributed by atoms with Crippen LogP contribution in [0.2, 0.25) is 10.0 Å². The molecule has 2 aromatic carbocycles. The van der Waals surface area contributed by atoms with E-state index in [1.54, 1.807) is 0 Å². The molecule has 0 radical (unpaired) electrons. The average Bonchev–Trinajstić information content (AvgIpc) is 2.86. The van der Waals surface area contributed by atoms with E-state index in [9.17, 15) is 0 Å². The number of aromatic nitrogens is 2. The molecule has 126 valence electrons. The first-order valence-corrected chi connectivity index (χ1v) is 8.85. The molecule has 5 heteroatoms. The van der Waals surface area contributed by atoms with Gasteiger partial charge in [0.25, 0.3) is 0 Å². The predicted molar refractivity (Wildman–Crippen MR) is 102 cm³/mol. The molecule has 1 heterocycles. The molecule has 0 spiro atoms. The van der Waals surface area contributed by atoms with E-state index in [4.69, 9.17) is 33.9 Å². The molecule has 3 aromatic rings. The van der Waals surface area contributed by atoms with Crippen molar-refractivity contribution in [2.24, 2.45) is 5.73 Å². The van der Waals surface area contributed by atoms with Gasteiger partial charge in [-0.3, -0.25) is 0 Å². The summed E-state index contributed by atoms with van der Waals surface area (Å²) in [6.07, 6.45) is 1.78. The van der Waals surface area contributed by atoms with Crippen molar-refractivity contribution in [3.8, 4) is 0 Å². The van der Waals surface area contributed by atoms with Crippen LogP contribution < -0.4 is 5.73 Å². The second-order valence-electron chi connectivity index (χ2n) is 6.18. The monoisotopic (exact) mass is 361 g/mol. The van der Waals surface area contributed by atoms with Crippen LogP contribution in [-0.2, 0) is 13.0 Å². The van der Waals surface area contributed by atoms with Crippen molar-refractivity contribution in [3.05, 3.63) is 62.9 Å². The summed E-state index contributed by atoms with van der Waals surface area (Å²) in [6, 6.07) is 10.1. The summed E-state index contributed by atoms with van der Waals surface area (Å²) in [5, 5.41) is 1.15. The molecule has 1 aromatic heterocycles. The zero-order valence-corrected chi connectivity index (χ0v) is 15.5. The van der Waals surface area contributed by atoms with E-state index in [1.807, 2.05) is 18.2 Å². The molecular weight excluding hydrogens is 341 g/mol. The minimum Gasteiger partial charge on any atom is -0.330 e. The van der Waals surface area contributed by atoms with Gasteiger partial charge in [-0.15, -0.1) is 0 Å². The minimum atomic E-state index is 0.575. The van der Waals surface area contributed by atoms with E-state index in [2.05, 4.69) is 30.5 Å². The van der Waals surface area contributed by atoms with Crippen LogP contribution in [0.15, 0.2) is 30.3 Å². The van der Waals surface area contributed by atoms with Crippen LogP contribution in [0.5, 0.6) is 0 Å². The maximum absolute atomic E-state index is 6.17. The van der Waals surface area contributed by atoms with Gasteiger partial charge in [-0.2, -0.15) is 0 Å². The van der Waals surface area contributed by atoms with E-state index in [0.717, 1.165) is 41.8 Å². The van der Waals surface area contributed by atoms with Crippen molar-refractivity contribution in [1.82, 2.24) is 9.55 Å². The lowest BCUT2D eigenvalue weighted by atomic mass is 10.1. The van der Waals surface area contributed by atoms with Crippen molar-refractivity contribution in [3.63, 3.8) is 0 Å². The van der Waals surface area contributed by atoms with Crippen molar-refractivity contribution in [1.29, 1.82) is 0 Å². The van der Waals surface area contributed by atoms with E-state index >= 15 is 0 Å². The lowest BCUT2D eigenvalue weighted by molar-refractivity contribution is 0.703. The fraction of sp³-hybridized carbons (Fsp3) is 0.316. The average molecular weight is 362 g/mol. The Morgan fingerprint density at radius 1 is 1.04 bits per heavy atom. The number of benzene rings is 2. The number of hydrogen-bond donors (Lipinski definition) is 1. The van der Waals surface area contributed by atoms with Crippen LogP contribution in [0.25, 0.3) is 11.0 Å². The highest BCUT2D eigenvalue weighted by Gasteiger charge is 2.13. The van der Waals surface area contributed by atoms with E-state index in [0.29, 0.717) is 16.6 Å². The normalized spacial score (nSPS) is 11.4. The highest BCUT2D eigenvalue weighted by molar-refractivity contribution is 6.42. The summed E-state index contributed by atoms with van der Waals surface area (Å²) in [6.45, 7) is 5.63. The first kappa shape index (κ1) is 17.3. The van der Waals surface area contributed by atoms with Crippen LogP contribution in [0.1, 0.15) is 28.9 Å². The molecule has 0 amide bonds. The third-order valence-electron chi connectivity index (χ3n) is 4.37. The number of nitrogens with two attached hydrogens (primary N) is 1.